The summed E-state index contributed by atoms with van der Waals surface area (Å²) in [5, 5.41) is 92.3. The molecule has 40 nitrogen and oxygen atoms in total. The summed E-state index contributed by atoms with van der Waals surface area (Å²) in [6.07, 6.45) is -6.01. The van der Waals surface area contributed by atoms with Crippen molar-refractivity contribution in [3.63, 3.8) is 0 Å². The number of hydrogen-bond donors (Lipinski definition) is 23. The van der Waals surface area contributed by atoms with Gasteiger partial charge in [-0.15, -0.1) is 0 Å². The molecule has 5 rings (SSSR count). The molecule has 2 bridgehead atoms. The summed E-state index contributed by atoms with van der Waals surface area (Å²) >= 11 is 1.79. The number of primary amides is 2. The Morgan fingerprint density at radius 3 is 1.85 bits per heavy atom. The fourth-order valence-electron chi connectivity index (χ4n) is 11.1. The van der Waals surface area contributed by atoms with Gasteiger partial charge in [-0.25, -0.2) is 9.59 Å². The maximum absolute atomic E-state index is 15.2. The number of aliphatic hydroxyl groups excluding tert-OH is 1. The van der Waals surface area contributed by atoms with Gasteiger partial charge in [0.05, 0.1) is 22.6 Å². The Morgan fingerprint density at radius 1 is 0.670 bits per heavy atom. The van der Waals surface area contributed by atoms with Crippen molar-refractivity contribution in [2.45, 2.75) is 175 Å². The van der Waals surface area contributed by atoms with Crippen molar-refractivity contribution in [2.75, 3.05) is 43.4 Å². The molecule has 27 N–H and O–H groups in total. The van der Waals surface area contributed by atoms with E-state index in [1.54, 1.807) is 22.6 Å². The van der Waals surface area contributed by atoms with Crippen molar-refractivity contribution in [1.82, 2.24) is 74.0 Å². The number of nitrogens with two attached hydrogens (primary N) is 4. The lowest BCUT2D eigenvalue weighted by Gasteiger charge is -2.35. The van der Waals surface area contributed by atoms with Crippen LogP contribution in [-0.2, 0) is 84.8 Å². The summed E-state index contributed by atoms with van der Waals surface area (Å²) in [6, 6.07) is -13.4. The van der Waals surface area contributed by atoms with E-state index in [0.29, 0.717) is 27.2 Å². The third kappa shape index (κ3) is 29.5. The van der Waals surface area contributed by atoms with Gasteiger partial charge >= 0.3 is 18.0 Å². The van der Waals surface area contributed by atoms with Crippen LogP contribution in [0.15, 0.2) is 42.5 Å². The Morgan fingerprint density at radius 2 is 1.25 bits per heavy atom. The minimum absolute atomic E-state index is 0.0271. The average Bonchev–Trinajstić information content (AvgIpc) is 1.61. The summed E-state index contributed by atoms with van der Waals surface area (Å²) in [4.78, 5) is 228. The van der Waals surface area contributed by atoms with Gasteiger partial charge in [0.25, 0.3) is 0 Å². The van der Waals surface area contributed by atoms with Crippen LogP contribution in [0.4, 0.5) is 4.79 Å². The number of nitrogens with one attached hydrogen (secondary N) is 14. The molecule has 109 heavy (non-hydrogen) atoms. The van der Waals surface area contributed by atoms with E-state index in [1.807, 2.05) is 0 Å². The number of carboxylic acid groups (broad SMARTS) is 2. The Kier molecular flexibility index (Phi) is 36.3. The first kappa shape index (κ1) is 90.3. The zero-order valence-corrected chi connectivity index (χ0v) is 64.7. The number of carboxylic acids is 2. The standard InChI is InChI=1S/C64H92IN19O21S4/c1-29(85)48-58(100)78-38(24-47(90)91)60(102)84-20-6-9-43(84)57(99)76-35(7-4-18-71-62(68)69)51(93)80-41-27-107-106-26-40(73-46(89)25-66)56(98)83-49(59(101)82-48)64(2,3)109-108-28-42(55(97)79-39(61(103)104)22-30-10-13-32(86)14-11-30)81-52(94)36(15-17-45(67)88)75-53(95)37(23-31-12-16-44(87)33(65)21-31)77-50(92)34(74-54(41)96)8-5-19-72-63(70)105/h10-14,16,21,29,34-43,48-49,85-87H,4-9,15,17-20,22-28,66H2,1-3H3,(H2,67,88)(H,73,89)(H,74,96)(H,75,95)(H,76,99)(H,77,92)(H,78,100)(H,79,97)(H,80,93)(H,81,94)(H,82,101)(H,83,98)(H,90,91)(H,103,104)(H4,68,69,71)(H3,70,72,105)/t29-,34+,35+,36+,37+,38+,39+,40-,41+,42+,43+,48+,49-/m1/s1. The molecule has 45 heteroatoms. The number of fused-ring (bicyclic) bond motifs is 9. The zero-order chi connectivity index (χ0) is 81.0. The molecule has 3 saturated heterocycles. The first-order chi connectivity index (χ1) is 51.4. The molecule has 3 aliphatic heterocycles. The molecule has 13 atom stereocenters. The van der Waals surface area contributed by atoms with Crippen molar-refractivity contribution < 1.29 is 102 Å². The van der Waals surface area contributed by atoms with E-state index in [2.05, 4.69) is 69.1 Å². The third-order valence-corrected chi connectivity index (χ3v) is 23.5. The van der Waals surface area contributed by atoms with Crippen LogP contribution in [0.25, 0.3) is 0 Å². The van der Waals surface area contributed by atoms with E-state index in [1.165, 1.54) is 56.3 Å². The highest BCUT2D eigenvalue weighted by Gasteiger charge is 2.45. The number of aliphatic carboxylic acids is 2. The molecule has 0 radical (unpaired) electrons. The van der Waals surface area contributed by atoms with E-state index in [9.17, 15) is 83.1 Å². The van der Waals surface area contributed by atoms with Crippen molar-refractivity contribution in [3.05, 3.63) is 57.2 Å². The number of phenolic OH excluding ortho intramolecular Hbond substituents is 2. The predicted molar refractivity (Wildman–Crippen MR) is 406 cm³/mol. The van der Waals surface area contributed by atoms with Gasteiger partial charge < -0.3 is 122 Å². The molecule has 3 heterocycles. The number of rotatable bonds is 23. The minimum Gasteiger partial charge on any atom is -0.508 e. The number of nitrogens with zero attached hydrogens (tertiary/aromatic N) is 1. The van der Waals surface area contributed by atoms with Crippen LogP contribution >= 0.6 is 65.8 Å². The van der Waals surface area contributed by atoms with Gasteiger partial charge in [-0.3, -0.25) is 72.5 Å². The molecule has 0 spiro atoms. The number of carbonyl (C=O) groups is 16. The van der Waals surface area contributed by atoms with Crippen molar-refractivity contribution in [2.24, 2.45) is 22.9 Å². The third-order valence-electron chi connectivity index (χ3n) is 16.9. The molecule has 2 aromatic carbocycles. The van der Waals surface area contributed by atoms with Gasteiger partial charge in [0, 0.05) is 60.9 Å². The fourth-order valence-corrected chi connectivity index (χ4v) is 16.9. The van der Waals surface area contributed by atoms with E-state index in [-0.39, 0.29) is 72.4 Å². The first-order valence-electron chi connectivity index (χ1n) is 34.0. The molecule has 3 aliphatic rings. The highest BCUT2D eigenvalue weighted by Crippen LogP contribution is 2.39. The number of phenols is 2. The van der Waals surface area contributed by atoms with Crippen LogP contribution in [-0.4, -0.2) is 258 Å². The Bertz CT molecular complexity index is 3680. The van der Waals surface area contributed by atoms with E-state index in [4.69, 9.17) is 28.3 Å². The number of urea groups is 1. The quantitative estimate of drug-likeness (QED) is 0.0162. The number of aliphatic hydroxyl groups is 1. The van der Waals surface area contributed by atoms with Gasteiger partial charge in [0.1, 0.15) is 84.0 Å². The van der Waals surface area contributed by atoms with E-state index >= 15 is 19.2 Å². The number of guanidine groups is 1. The zero-order valence-electron chi connectivity index (χ0n) is 59.3. The molecule has 2 aromatic rings. The smallest absolute Gasteiger partial charge is 0.326 e. The average molecular weight is 1720 g/mol. The highest BCUT2D eigenvalue weighted by atomic mass is 127. The molecular weight excluding hydrogens is 1630 g/mol. The Hall–Kier alpha value is -9.32. The number of hydrogen-bond acceptors (Lipinski definition) is 25. The topological polar surface area (TPSA) is 662 Å². The lowest BCUT2D eigenvalue weighted by atomic mass is 10.00. The Balaban J connectivity index is 1.81. The molecule has 600 valence electrons. The van der Waals surface area contributed by atoms with Crippen LogP contribution in [0.2, 0.25) is 0 Å². The lowest BCUT2D eigenvalue weighted by molar-refractivity contribution is -0.146. The second-order valence-electron chi connectivity index (χ2n) is 25.9. The van der Waals surface area contributed by atoms with E-state index in [0.717, 1.165) is 33.4 Å². The number of amides is 15. The van der Waals surface area contributed by atoms with Gasteiger partial charge in [0.15, 0.2) is 5.96 Å². The summed E-state index contributed by atoms with van der Waals surface area (Å²) < 4.78 is -1.51. The molecule has 15 amide bonds. The van der Waals surface area contributed by atoms with Crippen molar-refractivity contribution in [3.8, 4) is 11.5 Å². The molecular formula is C64H92IN19O21S4. The minimum atomic E-state index is -2.11. The Labute approximate surface area is 654 Å². The number of benzene rings is 2. The molecule has 0 saturated carbocycles. The number of halogens is 1. The number of carbonyl (C=O) groups excluding carboxylic acids is 14. The van der Waals surface area contributed by atoms with Crippen LogP contribution < -0.4 is 92.1 Å². The van der Waals surface area contributed by atoms with Gasteiger partial charge in [-0.05, 0) is 124 Å². The van der Waals surface area contributed by atoms with Crippen molar-refractivity contribution >= 4 is 166 Å². The maximum Gasteiger partial charge on any atom is 0.326 e. The van der Waals surface area contributed by atoms with E-state index < -0.39 is 246 Å². The molecule has 3 fully saturated rings. The SMILES string of the molecule is C[C@@H](O)[C@@H]1NC(=O)[C@H]2NC(=O)[C@H](NC(=O)CN)CSSC[C@H](NC(=O)[C@H](CCCNC(=N)N)NC(=O)[C@@H]3CCCN3C(=O)[C@H](CC(=O)O)NC1=O)C(=O)N[C@@H](CCCNC(N)=O)C(=O)N[C@@H](Cc1ccc(O)c(I)c1)C(=O)N[C@@H](CCC(N)=O)C(=O)N[C@H](C(=O)N[C@@H](Cc1ccc(O)cc1)C(=O)O)CSSC2(C)C. The summed E-state index contributed by atoms with van der Waals surface area (Å²) in [7, 11) is 3.00. The second kappa shape index (κ2) is 43.8. The fraction of sp³-hybridized carbons (Fsp3) is 0.547. The van der Waals surface area contributed by atoms with Crippen molar-refractivity contribution in [1.29, 1.82) is 5.41 Å². The van der Waals surface area contributed by atoms with Crippen LogP contribution in [0.1, 0.15) is 89.7 Å². The maximum atomic E-state index is 15.2. The van der Waals surface area contributed by atoms with Gasteiger partial charge in [-0.1, -0.05) is 61.4 Å². The highest BCUT2D eigenvalue weighted by molar-refractivity contribution is 14.1. The lowest BCUT2D eigenvalue weighted by Crippen LogP contribution is -2.64. The number of aromatic hydroxyl groups is 2. The van der Waals surface area contributed by atoms with Crippen LogP contribution in [0.5, 0.6) is 11.5 Å². The monoisotopic (exact) mass is 1720 g/mol. The molecule has 0 aliphatic carbocycles. The van der Waals surface area contributed by atoms with Crippen LogP contribution in [0, 0.1) is 8.98 Å². The molecule has 0 aromatic heterocycles. The summed E-state index contributed by atoms with van der Waals surface area (Å²) in [5.41, 5.74) is 22.8. The predicted octanol–water partition coefficient (Wildman–Crippen LogP) is -5.74. The molecule has 0 unspecified atom stereocenters. The normalized spacial score (nSPS) is 24.6. The summed E-state index contributed by atoms with van der Waals surface area (Å²) in [5.74, 6) is -20.5. The van der Waals surface area contributed by atoms with Gasteiger partial charge in [0.2, 0.25) is 76.8 Å². The second-order valence-corrected chi connectivity index (χ2v) is 32.6. The largest absolute Gasteiger partial charge is 0.508 e. The first-order valence-corrected chi connectivity index (χ1v) is 39.9. The van der Waals surface area contributed by atoms with Gasteiger partial charge in [-0.2, -0.15) is 0 Å². The summed E-state index contributed by atoms with van der Waals surface area (Å²) in [6.45, 7) is 2.53. The van der Waals surface area contributed by atoms with Crippen LogP contribution in [0.3, 0.4) is 0 Å².